The number of Topliss-reactive ketones (excluding diaryl/α,β-unsaturated/α-hetero) is 1. The first-order valence-corrected chi connectivity index (χ1v) is 23.5. The van der Waals surface area contributed by atoms with Gasteiger partial charge in [0.25, 0.3) is 5.97 Å². The summed E-state index contributed by atoms with van der Waals surface area (Å²) in [5.41, 5.74) is 12.1. The zero-order valence-electron chi connectivity index (χ0n) is 39.1. The quantitative estimate of drug-likeness (QED) is 0.0676. The van der Waals surface area contributed by atoms with Gasteiger partial charge in [0.2, 0.25) is 35.4 Å². The fraction of sp³-hybridized carbons (Fsp3) is 0.628. The molecule has 5 unspecified atom stereocenters. The van der Waals surface area contributed by atoms with Gasteiger partial charge in [-0.25, -0.2) is 4.39 Å². The van der Waals surface area contributed by atoms with Crippen molar-refractivity contribution in [2.45, 2.75) is 151 Å². The first-order chi connectivity index (χ1) is 29.5. The molecule has 0 bridgehead atoms. The molecule has 17 nitrogen and oxygen atoms in total. The van der Waals surface area contributed by atoms with Crippen molar-refractivity contribution in [1.82, 2.24) is 26.2 Å². The lowest BCUT2D eigenvalue weighted by molar-refractivity contribution is -0.137. The number of carboxylic acids is 1. The highest BCUT2D eigenvalue weighted by atomic mass is 33.1. The van der Waals surface area contributed by atoms with E-state index in [0.29, 0.717) is 55.9 Å². The van der Waals surface area contributed by atoms with E-state index >= 15 is 0 Å². The molecule has 1 aromatic carbocycles. The summed E-state index contributed by atoms with van der Waals surface area (Å²) in [5.74, 6) is -2.86. The topological polar surface area (TPSA) is 280 Å². The Hall–Kier alpha value is -4.69. The zero-order chi connectivity index (χ0) is 49.7. The number of aliphatic carboxylic acids is 1. The van der Waals surface area contributed by atoms with Gasteiger partial charge in [0.15, 0.2) is 5.78 Å². The summed E-state index contributed by atoms with van der Waals surface area (Å²) < 4.78 is 12.1. The predicted molar refractivity (Wildman–Crippen MR) is 251 cm³/mol. The molecular formula is C43H76FN7O10S2. The van der Waals surface area contributed by atoms with E-state index in [9.17, 15) is 38.0 Å². The van der Waals surface area contributed by atoms with Crippen molar-refractivity contribution in [3.05, 3.63) is 47.9 Å². The van der Waals surface area contributed by atoms with Crippen molar-refractivity contribution in [1.29, 1.82) is 0 Å². The number of carbonyl (C=O) groups is 8. The Balaban J connectivity index is -0.000000482. The highest BCUT2D eigenvalue weighted by Gasteiger charge is 2.33. The zero-order valence-corrected chi connectivity index (χ0v) is 40.8. The molecule has 1 saturated heterocycles. The number of hydrogen-bond acceptors (Lipinski definition) is 12. The number of carbonyl (C=O) groups excluding carboxylic acids is 7. The third kappa shape index (κ3) is 35.5. The minimum atomic E-state index is -0.988. The smallest absolute Gasteiger partial charge is 0.300 e. The largest absolute Gasteiger partial charge is 0.481 e. The lowest BCUT2D eigenvalue weighted by atomic mass is 10.1. The van der Waals surface area contributed by atoms with Crippen LogP contribution in [0.4, 0.5) is 4.39 Å². The Morgan fingerprint density at radius 3 is 1.78 bits per heavy atom. The fourth-order valence-electron chi connectivity index (χ4n) is 4.50. The second kappa shape index (κ2) is 40.1. The summed E-state index contributed by atoms with van der Waals surface area (Å²) in [6, 6.07) is 3.55. The SMILES string of the molecule is C=C(CC)NC(CSSCC(NC(=O)CCC)C(C)=O)C(=O)NCC(=O)N1CCCC1C(N)=O.CC.CC(=O)O.CCC.CCC(=O)NC(C(N)=O)C(C)O.Cc1ccc(F)cc1. The number of nitrogens with two attached hydrogens (primary N) is 2. The summed E-state index contributed by atoms with van der Waals surface area (Å²) >= 11 is 0. The Labute approximate surface area is 382 Å². The molecule has 0 radical (unpaired) electrons. The van der Waals surface area contributed by atoms with Crippen LogP contribution in [0.25, 0.3) is 0 Å². The van der Waals surface area contributed by atoms with Gasteiger partial charge in [-0.3, -0.25) is 38.4 Å². The number of hydrogen-bond donors (Lipinski definition) is 8. The summed E-state index contributed by atoms with van der Waals surface area (Å²) in [5, 5.41) is 27.2. The van der Waals surface area contributed by atoms with Crippen molar-refractivity contribution in [3.63, 3.8) is 0 Å². The molecule has 1 heterocycles. The number of primary amides is 2. The van der Waals surface area contributed by atoms with Gasteiger partial charge in [0.05, 0.1) is 18.7 Å². The molecule has 0 spiro atoms. The van der Waals surface area contributed by atoms with E-state index in [2.05, 4.69) is 41.7 Å². The van der Waals surface area contributed by atoms with Crippen LogP contribution in [0.3, 0.4) is 0 Å². The summed E-state index contributed by atoms with van der Waals surface area (Å²) in [7, 11) is 2.77. The van der Waals surface area contributed by atoms with Crippen LogP contribution in [0.2, 0.25) is 0 Å². The van der Waals surface area contributed by atoms with Crippen molar-refractivity contribution < 1.29 is 53.0 Å². The highest BCUT2D eigenvalue weighted by Crippen LogP contribution is 2.24. The van der Waals surface area contributed by atoms with Gasteiger partial charge in [-0.2, -0.15) is 0 Å². The second-order valence-corrected chi connectivity index (χ2v) is 16.2. The van der Waals surface area contributed by atoms with Crippen molar-refractivity contribution in [2.24, 2.45) is 11.5 Å². The first-order valence-electron chi connectivity index (χ1n) is 21.1. The minimum absolute atomic E-state index is 0.126. The molecule has 1 aliphatic heterocycles. The number of aliphatic hydroxyl groups excluding tert-OH is 1. The van der Waals surface area contributed by atoms with Crippen LogP contribution in [0.1, 0.15) is 120 Å². The maximum absolute atomic E-state index is 12.8. The van der Waals surface area contributed by atoms with E-state index in [1.54, 1.807) is 19.1 Å². The summed E-state index contributed by atoms with van der Waals surface area (Å²) in [6.45, 7) is 23.6. The van der Waals surface area contributed by atoms with Gasteiger partial charge < -0.3 is 47.8 Å². The van der Waals surface area contributed by atoms with Crippen LogP contribution in [0, 0.1) is 12.7 Å². The molecule has 10 N–H and O–H groups in total. The van der Waals surface area contributed by atoms with Crippen LogP contribution in [-0.2, 0) is 38.4 Å². The van der Waals surface area contributed by atoms with Crippen LogP contribution >= 0.6 is 21.6 Å². The van der Waals surface area contributed by atoms with E-state index in [1.807, 2.05) is 34.6 Å². The molecule has 0 saturated carbocycles. The number of rotatable bonds is 20. The van der Waals surface area contributed by atoms with Crippen molar-refractivity contribution >= 4 is 68.8 Å². The van der Waals surface area contributed by atoms with Gasteiger partial charge in [-0.1, -0.05) is 101 Å². The molecule has 0 aromatic heterocycles. The molecule has 20 heteroatoms. The van der Waals surface area contributed by atoms with E-state index in [-0.39, 0.29) is 48.2 Å². The Morgan fingerprint density at radius 1 is 0.873 bits per heavy atom. The lowest BCUT2D eigenvalue weighted by Crippen LogP contribution is -2.51. The Bertz CT molecular complexity index is 1500. The Morgan fingerprint density at radius 2 is 1.38 bits per heavy atom. The molecule has 0 aliphatic carbocycles. The number of likely N-dealkylation sites (tertiary alicyclic amines) is 1. The number of nitrogens with zero attached hydrogens (tertiary/aromatic N) is 1. The van der Waals surface area contributed by atoms with E-state index in [0.717, 1.165) is 12.5 Å². The third-order valence-corrected chi connectivity index (χ3v) is 10.2. The van der Waals surface area contributed by atoms with Crippen LogP contribution < -0.4 is 32.7 Å². The molecule has 5 atom stereocenters. The number of allylic oxidation sites excluding steroid dienone is 1. The number of ketones is 1. The van der Waals surface area contributed by atoms with Crippen LogP contribution in [0.5, 0.6) is 0 Å². The molecule has 1 aromatic rings. The number of carboxylic acid groups (broad SMARTS) is 1. The van der Waals surface area contributed by atoms with Crippen LogP contribution in [0.15, 0.2) is 36.5 Å². The number of amides is 6. The molecule has 362 valence electrons. The van der Waals surface area contributed by atoms with Gasteiger partial charge in [-0.05, 0) is 58.6 Å². The molecule has 2 rings (SSSR count). The number of halogens is 1. The number of aryl methyl sites for hydroxylation is 1. The van der Waals surface area contributed by atoms with Gasteiger partial charge in [0, 0.05) is 43.5 Å². The minimum Gasteiger partial charge on any atom is -0.481 e. The predicted octanol–water partition coefficient (Wildman–Crippen LogP) is 4.13. The number of aliphatic hydroxyl groups is 1. The van der Waals surface area contributed by atoms with Crippen molar-refractivity contribution in [2.75, 3.05) is 24.6 Å². The first kappa shape index (κ1) is 64.9. The monoisotopic (exact) mass is 934 g/mol. The fourth-order valence-corrected chi connectivity index (χ4v) is 6.92. The lowest BCUT2D eigenvalue weighted by Gasteiger charge is -2.24. The Kier molecular flexibility index (Phi) is 41.3. The summed E-state index contributed by atoms with van der Waals surface area (Å²) in [6.07, 6.45) is 3.47. The molecule has 1 aliphatic rings. The van der Waals surface area contributed by atoms with E-state index < -0.39 is 48.1 Å². The van der Waals surface area contributed by atoms with E-state index in [4.69, 9.17) is 26.5 Å². The van der Waals surface area contributed by atoms with Crippen LogP contribution in [-0.4, -0.2) is 117 Å². The van der Waals surface area contributed by atoms with Gasteiger partial charge in [0.1, 0.15) is 23.9 Å². The maximum Gasteiger partial charge on any atom is 0.300 e. The second-order valence-electron chi connectivity index (χ2n) is 13.6. The standard InChI is InChI=1S/C22H37N5O5S2.C7H7F.C7H14N2O3.C3H8.C2H4O2.C2H6/c1-5-8-19(29)26-16(15(4)28)12-33-34-13-17(25-14(3)6-2)22(32)24-11-20(30)27-10-7-9-18(27)21(23)31;1-6-2-4-7(8)5-3-6;1-3-5(11)9-6(4(2)10)7(8)12;1-3-2;1-2(3)4;1-2/h16-18,25H,3,5-13H2,1-2,4H3,(H2,23,31)(H,24,32)(H,26,29);2-5H,1H3;4,6,10H,3H2,1-2H3,(H2,8,12)(H,9,11);3H2,1-2H3;1H3,(H,3,4);1-2H3. The molecule has 6 amide bonds. The maximum atomic E-state index is 12.8. The van der Waals surface area contributed by atoms with Gasteiger partial charge >= 0.3 is 0 Å². The average molecular weight is 934 g/mol. The van der Waals surface area contributed by atoms with Crippen molar-refractivity contribution in [3.8, 4) is 0 Å². The van der Waals surface area contributed by atoms with Gasteiger partial charge in [-0.15, -0.1) is 0 Å². The number of benzene rings is 1. The number of nitrogens with one attached hydrogen (secondary N) is 4. The molecule has 1 fully saturated rings. The third-order valence-electron chi connectivity index (χ3n) is 7.73. The average Bonchev–Trinajstić information content (AvgIpc) is 3.72. The molecular weight excluding hydrogens is 858 g/mol. The highest BCUT2D eigenvalue weighted by molar-refractivity contribution is 8.76. The normalized spacial score (nSPS) is 13.9. The van der Waals surface area contributed by atoms with E-state index in [1.165, 1.54) is 58.9 Å². The molecule has 63 heavy (non-hydrogen) atoms. The summed E-state index contributed by atoms with van der Waals surface area (Å²) in [4.78, 5) is 92.3.